The molecule has 0 saturated heterocycles. The molecule has 1 aliphatic carbocycles. The highest BCUT2D eigenvalue weighted by Crippen LogP contribution is 2.26. The van der Waals surface area contributed by atoms with Gasteiger partial charge in [0.15, 0.2) is 0 Å². The number of rotatable bonds is 4. The third-order valence-corrected chi connectivity index (χ3v) is 4.25. The van der Waals surface area contributed by atoms with Crippen LogP contribution in [0.3, 0.4) is 0 Å². The van der Waals surface area contributed by atoms with Crippen LogP contribution < -0.4 is 5.32 Å². The Bertz CT molecular complexity index is 464. The van der Waals surface area contributed by atoms with Crippen LogP contribution in [0.1, 0.15) is 48.9 Å². The molecule has 0 radical (unpaired) electrons. The Hall–Kier alpha value is -0.970. The summed E-state index contributed by atoms with van der Waals surface area (Å²) < 4.78 is 27.5. The zero-order chi connectivity index (χ0) is 14.5. The monoisotopic (exact) mass is 345 g/mol. The highest BCUT2D eigenvalue weighted by atomic mass is 79.9. The quantitative estimate of drug-likeness (QED) is 0.859. The van der Waals surface area contributed by atoms with E-state index in [0.29, 0.717) is 12.5 Å². The van der Waals surface area contributed by atoms with E-state index in [-0.39, 0.29) is 4.47 Å². The van der Waals surface area contributed by atoms with Gasteiger partial charge in [0.2, 0.25) is 0 Å². The van der Waals surface area contributed by atoms with Gasteiger partial charge in [0.1, 0.15) is 17.2 Å². The second kappa shape index (κ2) is 7.16. The van der Waals surface area contributed by atoms with Crippen molar-refractivity contribution < 1.29 is 13.6 Å². The average Bonchev–Trinajstić information content (AvgIpc) is 2.38. The van der Waals surface area contributed by atoms with Crippen molar-refractivity contribution >= 4 is 21.8 Å². The number of halogens is 3. The maximum atomic E-state index is 13.6. The van der Waals surface area contributed by atoms with Crippen molar-refractivity contribution in [2.45, 2.75) is 38.5 Å². The standard InChI is InChI=1S/C15H18BrF2NO/c16-11-8-12(17)14(13(18)9-11)15(20)19-7-6-10-4-2-1-3-5-10/h8-10H,1-7H2,(H,19,20). The summed E-state index contributed by atoms with van der Waals surface area (Å²) in [5.41, 5.74) is -0.503. The van der Waals surface area contributed by atoms with Crippen LogP contribution in [0.5, 0.6) is 0 Å². The number of hydrogen-bond donors (Lipinski definition) is 1. The first-order chi connectivity index (χ1) is 9.58. The largest absolute Gasteiger partial charge is 0.352 e. The highest BCUT2D eigenvalue weighted by molar-refractivity contribution is 9.10. The maximum Gasteiger partial charge on any atom is 0.257 e. The van der Waals surface area contributed by atoms with Gasteiger partial charge in [-0.1, -0.05) is 48.0 Å². The molecule has 1 aromatic rings. The van der Waals surface area contributed by atoms with Crippen LogP contribution in [-0.2, 0) is 0 Å². The minimum absolute atomic E-state index is 0.284. The first kappa shape index (κ1) is 15.4. The van der Waals surface area contributed by atoms with E-state index in [1.165, 1.54) is 32.1 Å². The van der Waals surface area contributed by atoms with Gasteiger partial charge in [0, 0.05) is 11.0 Å². The SMILES string of the molecule is O=C(NCCC1CCCCC1)c1c(F)cc(Br)cc1F. The van der Waals surface area contributed by atoms with Gasteiger partial charge in [0.25, 0.3) is 5.91 Å². The third kappa shape index (κ3) is 4.01. The summed E-state index contributed by atoms with van der Waals surface area (Å²) in [4.78, 5) is 11.8. The molecular weight excluding hydrogens is 328 g/mol. The number of carbonyl (C=O) groups is 1. The first-order valence-electron chi connectivity index (χ1n) is 7.00. The molecule has 0 unspecified atom stereocenters. The molecule has 5 heteroatoms. The Labute approximate surface area is 126 Å². The number of nitrogens with one attached hydrogen (secondary N) is 1. The molecule has 0 bridgehead atoms. The Morgan fingerprint density at radius 2 is 1.80 bits per heavy atom. The molecule has 20 heavy (non-hydrogen) atoms. The Morgan fingerprint density at radius 1 is 1.20 bits per heavy atom. The van der Waals surface area contributed by atoms with Crippen molar-refractivity contribution in [3.8, 4) is 0 Å². The van der Waals surface area contributed by atoms with Gasteiger partial charge in [-0.2, -0.15) is 0 Å². The van der Waals surface area contributed by atoms with E-state index in [4.69, 9.17) is 0 Å². The molecule has 1 N–H and O–H groups in total. The second-order valence-electron chi connectivity index (χ2n) is 5.29. The number of benzene rings is 1. The molecule has 0 spiro atoms. The normalized spacial score (nSPS) is 16.1. The van der Waals surface area contributed by atoms with E-state index in [9.17, 15) is 13.6 Å². The smallest absolute Gasteiger partial charge is 0.257 e. The summed E-state index contributed by atoms with van der Waals surface area (Å²) in [5, 5.41) is 2.61. The van der Waals surface area contributed by atoms with Gasteiger partial charge in [-0.05, 0) is 24.5 Å². The van der Waals surface area contributed by atoms with Crippen molar-refractivity contribution in [2.75, 3.05) is 6.54 Å². The van der Waals surface area contributed by atoms with E-state index in [2.05, 4.69) is 21.2 Å². The number of carbonyl (C=O) groups excluding carboxylic acids is 1. The lowest BCUT2D eigenvalue weighted by atomic mass is 9.87. The van der Waals surface area contributed by atoms with Gasteiger partial charge < -0.3 is 5.32 Å². The van der Waals surface area contributed by atoms with Gasteiger partial charge >= 0.3 is 0 Å². The second-order valence-corrected chi connectivity index (χ2v) is 6.21. The summed E-state index contributed by atoms with van der Waals surface area (Å²) >= 11 is 2.99. The molecule has 1 aromatic carbocycles. The topological polar surface area (TPSA) is 29.1 Å². The molecule has 110 valence electrons. The molecule has 2 rings (SSSR count). The van der Waals surface area contributed by atoms with E-state index in [0.717, 1.165) is 18.6 Å². The molecule has 1 aliphatic rings. The van der Waals surface area contributed by atoms with Crippen LogP contribution in [0, 0.1) is 17.6 Å². The van der Waals surface area contributed by atoms with Crippen LogP contribution >= 0.6 is 15.9 Å². The molecular formula is C15H18BrF2NO. The first-order valence-corrected chi connectivity index (χ1v) is 7.80. The van der Waals surface area contributed by atoms with Crippen LogP contribution in [0.15, 0.2) is 16.6 Å². The van der Waals surface area contributed by atoms with E-state index in [1.807, 2.05) is 0 Å². The highest BCUT2D eigenvalue weighted by Gasteiger charge is 2.19. The summed E-state index contributed by atoms with van der Waals surface area (Å²) in [5.74, 6) is -1.73. The number of hydrogen-bond acceptors (Lipinski definition) is 1. The van der Waals surface area contributed by atoms with Crippen molar-refractivity contribution in [2.24, 2.45) is 5.92 Å². The van der Waals surface area contributed by atoms with Crippen LogP contribution in [-0.4, -0.2) is 12.5 Å². The lowest BCUT2D eigenvalue weighted by molar-refractivity contribution is 0.0942. The maximum absolute atomic E-state index is 13.6. The van der Waals surface area contributed by atoms with Gasteiger partial charge in [-0.3, -0.25) is 4.79 Å². The molecule has 2 nitrogen and oxygen atoms in total. The van der Waals surface area contributed by atoms with E-state index < -0.39 is 23.1 Å². The van der Waals surface area contributed by atoms with E-state index >= 15 is 0 Å². The summed E-state index contributed by atoms with van der Waals surface area (Å²) in [7, 11) is 0. The zero-order valence-electron chi connectivity index (χ0n) is 11.2. The Balaban J connectivity index is 1.88. The predicted molar refractivity (Wildman–Crippen MR) is 77.6 cm³/mol. The molecule has 0 atom stereocenters. The fourth-order valence-corrected chi connectivity index (χ4v) is 3.12. The molecule has 1 saturated carbocycles. The molecule has 1 amide bonds. The minimum atomic E-state index is -0.841. The minimum Gasteiger partial charge on any atom is -0.352 e. The fourth-order valence-electron chi connectivity index (χ4n) is 2.71. The molecule has 0 aromatic heterocycles. The van der Waals surface area contributed by atoms with E-state index in [1.54, 1.807) is 0 Å². The van der Waals surface area contributed by atoms with Gasteiger partial charge in [0.05, 0.1) is 0 Å². The van der Waals surface area contributed by atoms with Crippen molar-refractivity contribution in [1.82, 2.24) is 5.32 Å². The lowest BCUT2D eigenvalue weighted by Gasteiger charge is -2.21. The Kier molecular flexibility index (Phi) is 5.52. The van der Waals surface area contributed by atoms with Crippen molar-refractivity contribution in [3.63, 3.8) is 0 Å². The van der Waals surface area contributed by atoms with Crippen molar-refractivity contribution in [1.29, 1.82) is 0 Å². The van der Waals surface area contributed by atoms with Crippen LogP contribution in [0.2, 0.25) is 0 Å². The molecule has 0 heterocycles. The van der Waals surface area contributed by atoms with Crippen LogP contribution in [0.25, 0.3) is 0 Å². The van der Waals surface area contributed by atoms with Crippen LogP contribution in [0.4, 0.5) is 8.78 Å². The predicted octanol–water partition coefficient (Wildman–Crippen LogP) is 4.43. The zero-order valence-corrected chi connectivity index (χ0v) is 12.8. The molecule has 0 aliphatic heterocycles. The Morgan fingerprint density at radius 3 is 2.40 bits per heavy atom. The lowest BCUT2D eigenvalue weighted by Crippen LogP contribution is -2.28. The average molecular weight is 346 g/mol. The van der Waals surface area contributed by atoms with Gasteiger partial charge in [-0.15, -0.1) is 0 Å². The van der Waals surface area contributed by atoms with Gasteiger partial charge in [-0.25, -0.2) is 8.78 Å². The summed E-state index contributed by atoms with van der Waals surface area (Å²) in [6.07, 6.45) is 7.04. The summed E-state index contributed by atoms with van der Waals surface area (Å²) in [6.45, 7) is 0.471. The third-order valence-electron chi connectivity index (χ3n) is 3.80. The summed E-state index contributed by atoms with van der Waals surface area (Å²) in [6, 6.07) is 2.19. The fraction of sp³-hybridized carbons (Fsp3) is 0.533. The number of amides is 1. The van der Waals surface area contributed by atoms with Crippen molar-refractivity contribution in [3.05, 3.63) is 33.8 Å². The molecule has 1 fully saturated rings.